The van der Waals surface area contributed by atoms with E-state index in [0.29, 0.717) is 15.9 Å². The second-order valence-corrected chi connectivity index (χ2v) is 7.08. The standard InChI is InChI=1S/C15H12ClN5O3S/c1-24-15-12(7-19-14(20-15)4-5-17)21-25(22,23)13-8-18-11-6-9(16)2-3-10(11)13/h2-3,6-8,18,21H,4H2,1H3. The molecule has 0 bridgehead atoms. The minimum absolute atomic E-state index is 0.00734. The van der Waals surface area contributed by atoms with Gasteiger partial charge in [0.15, 0.2) is 0 Å². The fraction of sp³-hybridized carbons (Fsp3) is 0.133. The zero-order valence-electron chi connectivity index (χ0n) is 12.9. The van der Waals surface area contributed by atoms with Crippen LogP contribution in [0.1, 0.15) is 5.82 Å². The summed E-state index contributed by atoms with van der Waals surface area (Å²) in [7, 11) is -2.57. The van der Waals surface area contributed by atoms with Crippen molar-refractivity contribution in [2.45, 2.75) is 11.3 Å². The number of fused-ring (bicyclic) bond motifs is 1. The molecule has 0 saturated heterocycles. The number of aromatic nitrogens is 3. The highest BCUT2D eigenvalue weighted by atomic mass is 35.5. The number of rotatable bonds is 5. The molecular weight excluding hydrogens is 366 g/mol. The van der Waals surface area contributed by atoms with Gasteiger partial charge in [0.05, 0.1) is 25.8 Å². The average molecular weight is 378 g/mol. The number of anilines is 1. The summed E-state index contributed by atoms with van der Waals surface area (Å²) in [6.07, 6.45) is 2.63. The Kier molecular flexibility index (Phi) is 4.48. The van der Waals surface area contributed by atoms with Crippen molar-refractivity contribution in [2.75, 3.05) is 11.8 Å². The molecule has 8 nitrogen and oxygen atoms in total. The first kappa shape index (κ1) is 17.0. The molecule has 0 aliphatic heterocycles. The molecule has 0 atom stereocenters. The van der Waals surface area contributed by atoms with Crippen molar-refractivity contribution >= 4 is 38.2 Å². The number of hydrogen-bond donors (Lipinski definition) is 2. The fourth-order valence-corrected chi connectivity index (χ4v) is 3.67. The van der Waals surface area contributed by atoms with Gasteiger partial charge in [0, 0.05) is 22.1 Å². The maximum Gasteiger partial charge on any atom is 0.264 e. The van der Waals surface area contributed by atoms with E-state index in [0.717, 1.165) is 0 Å². The van der Waals surface area contributed by atoms with E-state index in [2.05, 4.69) is 19.7 Å². The number of nitrogens with one attached hydrogen (secondary N) is 2. The number of benzene rings is 1. The molecule has 25 heavy (non-hydrogen) atoms. The monoisotopic (exact) mass is 377 g/mol. The predicted molar refractivity (Wildman–Crippen MR) is 92.0 cm³/mol. The van der Waals surface area contributed by atoms with E-state index < -0.39 is 10.0 Å². The number of ether oxygens (including phenoxy) is 1. The second-order valence-electron chi connectivity index (χ2n) is 4.99. The van der Waals surface area contributed by atoms with Crippen LogP contribution in [0.4, 0.5) is 5.69 Å². The Morgan fingerprint density at radius 3 is 2.96 bits per heavy atom. The molecule has 128 valence electrons. The van der Waals surface area contributed by atoms with Crippen LogP contribution in [0.15, 0.2) is 35.5 Å². The van der Waals surface area contributed by atoms with Crippen molar-refractivity contribution < 1.29 is 13.2 Å². The van der Waals surface area contributed by atoms with E-state index in [1.54, 1.807) is 18.2 Å². The Morgan fingerprint density at radius 2 is 2.24 bits per heavy atom. The minimum atomic E-state index is -3.92. The molecule has 0 unspecified atom stereocenters. The first-order chi connectivity index (χ1) is 11.9. The van der Waals surface area contributed by atoms with Gasteiger partial charge in [-0.25, -0.2) is 13.4 Å². The highest BCUT2D eigenvalue weighted by molar-refractivity contribution is 7.93. The van der Waals surface area contributed by atoms with Crippen LogP contribution >= 0.6 is 11.6 Å². The van der Waals surface area contributed by atoms with Crippen molar-refractivity contribution in [1.29, 1.82) is 5.26 Å². The summed E-state index contributed by atoms with van der Waals surface area (Å²) < 4.78 is 32.9. The molecule has 10 heteroatoms. The number of halogens is 1. The molecule has 0 fully saturated rings. The number of nitriles is 1. The van der Waals surface area contributed by atoms with E-state index in [1.807, 2.05) is 6.07 Å². The van der Waals surface area contributed by atoms with Gasteiger partial charge >= 0.3 is 0 Å². The number of nitrogens with zero attached hydrogens (tertiary/aromatic N) is 3. The lowest BCUT2D eigenvalue weighted by Gasteiger charge is -2.10. The molecule has 3 rings (SSSR count). The summed E-state index contributed by atoms with van der Waals surface area (Å²) in [6, 6.07) is 6.78. The van der Waals surface area contributed by atoms with Crippen LogP contribution < -0.4 is 9.46 Å². The van der Waals surface area contributed by atoms with Gasteiger partial charge in [-0.05, 0) is 18.2 Å². The van der Waals surface area contributed by atoms with Crippen molar-refractivity contribution in [3.05, 3.63) is 41.4 Å². The number of H-pyrrole nitrogens is 1. The van der Waals surface area contributed by atoms with Gasteiger partial charge in [0.25, 0.3) is 10.0 Å². The van der Waals surface area contributed by atoms with Crippen LogP contribution in [0.5, 0.6) is 5.88 Å². The number of sulfonamides is 1. The van der Waals surface area contributed by atoms with Crippen molar-refractivity contribution in [3.63, 3.8) is 0 Å². The number of hydrogen-bond acceptors (Lipinski definition) is 6. The zero-order valence-corrected chi connectivity index (χ0v) is 14.5. The molecular formula is C15H12ClN5O3S. The Hall–Kier alpha value is -2.83. The average Bonchev–Trinajstić information content (AvgIpc) is 3.00. The molecule has 3 aromatic rings. The van der Waals surface area contributed by atoms with Gasteiger partial charge in [-0.1, -0.05) is 11.6 Å². The van der Waals surface area contributed by atoms with Crippen LogP contribution in [0.25, 0.3) is 10.9 Å². The second kappa shape index (κ2) is 6.58. The largest absolute Gasteiger partial charge is 0.479 e. The van der Waals surface area contributed by atoms with Gasteiger partial charge in [-0.3, -0.25) is 4.72 Å². The Balaban J connectivity index is 2.00. The molecule has 0 radical (unpaired) electrons. The summed E-state index contributed by atoms with van der Waals surface area (Å²) in [5, 5.41) is 9.68. The lowest BCUT2D eigenvalue weighted by atomic mass is 10.2. The van der Waals surface area contributed by atoms with E-state index in [1.165, 1.54) is 19.5 Å². The summed E-state index contributed by atoms with van der Waals surface area (Å²) in [6.45, 7) is 0. The third-order valence-corrected chi connectivity index (χ3v) is 5.01. The lowest BCUT2D eigenvalue weighted by molar-refractivity contribution is 0.397. The minimum Gasteiger partial charge on any atom is -0.479 e. The van der Waals surface area contributed by atoms with Gasteiger partial charge < -0.3 is 9.72 Å². The van der Waals surface area contributed by atoms with E-state index in [-0.39, 0.29) is 28.7 Å². The number of aromatic amines is 1. The first-order valence-corrected chi connectivity index (χ1v) is 8.87. The zero-order chi connectivity index (χ0) is 18.0. The van der Waals surface area contributed by atoms with Gasteiger partial charge in [-0.2, -0.15) is 10.2 Å². The van der Waals surface area contributed by atoms with Gasteiger partial charge in [-0.15, -0.1) is 0 Å². The Bertz CT molecular complexity index is 1090. The summed E-state index contributed by atoms with van der Waals surface area (Å²) >= 11 is 5.91. The lowest BCUT2D eigenvalue weighted by Crippen LogP contribution is -2.14. The number of methoxy groups -OCH3 is 1. The van der Waals surface area contributed by atoms with Crippen LogP contribution in [-0.4, -0.2) is 30.5 Å². The molecule has 2 heterocycles. The molecule has 0 aliphatic rings. The predicted octanol–water partition coefficient (Wildman–Crippen LogP) is 2.49. The topological polar surface area (TPSA) is 121 Å². The molecule has 0 amide bonds. The van der Waals surface area contributed by atoms with E-state index >= 15 is 0 Å². The van der Waals surface area contributed by atoms with Crippen LogP contribution in [0, 0.1) is 11.3 Å². The normalized spacial score (nSPS) is 11.2. The molecule has 2 N–H and O–H groups in total. The Morgan fingerprint density at radius 1 is 1.44 bits per heavy atom. The molecule has 0 spiro atoms. The molecule has 2 aromatic heterocycles. The smallest absolute Gasteiger partial charge is 0.264 e. The SMILES string of the molecule is COc1nc(CC#N)ncc1NS(=O)(=O)c1c[nH]c2cc(Cl)ccc12. The first-order valence-electron chi connectivity index (χ1n) is 7.01. The van der Waals surface area contributed by atoms with E-state index in [4.69, 9.17) is 21.6 Å². The molecule has 0 aliphatic carbocycles. The van der Waals surface area contributed by atoms with Crippen molar-refractivity contribution in [1.82, 2.24) is 15.0 Å². The third-order valence-electron chi connectivity index (χ3n) is 3.37. The van der Waals surface area contributed by atoms with Gasteiger partial charge in [0.2, 0.25) is 5.88 Å². The van der Waals surface area contributed by atoms with Gasteiger partial charge in [0.1, 0.15) is 16.4 Å². The summed E-state index contributed by atoms with van der Waals surface area (Å²) in [4.78, 5) is 10.9. The summed E-state index contributed by atoms with van der Waals surface area (Å²) in [5.41, 5.74) is 0.674. The van der Waals surface area contributed by atoms with Crippen molar-refractivity contribution in [2.24, 2.45) is 0 Å². The maximum atomic E-state index is 12.7. The highest BCUT2D eigenvalue weighted by Gasteiger charge is 2.21. The van der Waals surface area contributed by atoms with Crippen molar-refractivity contribution in [3.8, 4) is 11.9 Å². The van der Waals surface area contributed by atoms with Crippen LogP contribution in [0.3, 0.4) is 0 Å². The third kappa shape index (κ3) is 3.35. The maximum absolute atomic E-state index is 12.7. The highest BCUT2D eigenvalue weighted by Crippen LogP contribution is 2.29. The molecule has 1 aromatic carbocycles. The summed E-state index contributed by atoms with van der Waals surface area (Å²) in [5.74, 6) is 0.274. The molecule has 0 saturated carbocycles. The fourth-order valence-electron chi connectivity index (χ4n) is 2.28. The van der Waals surface area contributed by atoms with Crippen LogP contribution in [0.2, 0.25) is 5.02 Å². The quantitative estimate of drug-likeness (QED) is 0.704. The Labute approximate surface area is 148 Å². The van der Waals surface area contributed by atoms with Crippen LogP contribution in [-0.2, 0) is 16.4 Å². The van der Waals surface area contributed by atoms with E-state index in [9.17, 15) is 8.42 Å².